The predicted octanol–water partition coefficient (Wildman–Crippen LogP) is -6.14. The number of phenolic OH excluding ortho intramolecular Hbond substituents is 1. The largest absolute Gasteiger partial charge is 0.508 e. The molecule has 1 aliphatic heterocycles. The first-order valence-corrected chi connectivity index (χ1v) is 24.2. The molecule has 0 unspecified atom stereocenters. The van der Waals surface area contributed by atoms with E-state index in [4.69, 9.17) is 34.4 Å². The average Bonchev–Trinajstić information content (AvgIpc) is 3.83. The van der Waals surface area contributed by atoms with Gasteiger partial charge in [-0.05, 0) is 55.7 Å². The van der Waals surface area contributed by atoms with E-state index in [-0.39, 0.29) is 62.0 Å². The van der Waals surface area contributed by atoms with Gasteiger partial charge in [0, 0.05) is 37.4 Å². The highest BCUT2D eigenvalue weighted by Crippen LogP contribution is 2.20. The topological polar surface area (TPSA) is 464 Å². The van der Waals surface area contributed by atoms with Crippen LogP contribution in [0, 0.1) is 5.92 Å². The van der Waals surface area contributed by atoms with E-state index in [0.717, 1.165) is 0 Å². The highest BCUT2D eigenvalue weighted by atomic mass is 32.1. The van der Waals surface area contributed by atoms with Crippen molar-refractivity contribution in [2.75, 3.05) is 31.1 Å². The number of guanidine groups is 1. The van der Waals surface area contributed by atoms with Crippen LogP contribution in [0.2, 0.25) is 0 Å². The third-order valence-electron chi connectivity index (χ3n) is 11.3. The number of nitrogens with one attached hydrogen (secondary N) is 7. The molecule has 0 bridgehead atoms. The number of hydrogen-bond acceptors (Lipinski definition) is 16. The highest BCUT2D eigenvalue weighted by Gasteiger charge is 2.40. The van der Waals surface area contributed by atoms with Crippen LogP contribution < -0.4 is 71.6 Å². The Morgan fingerprint density at radius 2 is 1.29 bits per heavy atom. The number of phenols is 1. The molecular formula is C43H69N15O12S2. The van der Waals surface area contributed by atoms with Crippen LogP contribution in [0.25, 0.3) is 0 Å². The Morgan fingerprint density at radius 1 is 0.708 bits per heavy atom. The van der Waals surface area contributed by atoms with Crippen LogP contribution in [0.4, 0.5) is 0 Å². The summed E-state index contributed by atoms with van der Waals surface area (Å²) in [5.41, 5.74) is 33.1. The quantitative estimate of drug-likeness (QED) is 0.0142. The SMILES string of the molecule is CC[C@H](C)[C@H](NC(=O)[C@H](Cc1ccc(O)cc1)NC(=O)[C@@H](N)CS)C(=O)N[C@@H](CCC(N)=O)C(=O)N[C@@H](CC(N)=O)C(=O)N[C@@H](CS)C(=O)N1CCC[C@H]1C(=O)N[C@@H](CCCN=C(N)N)C(=O)NCC(N)=O. The number of aliphatic imine (C=N–C) groups is 1. The van der Waals surface area contributed by atoms with Gasteiger partial charge in [0.1, 0.15) is 48.0 Å². The molecule has 72 heavy (non-hydrogen) atoms. The van der Waals surface area contributed by atoms with E-state index < -0.39 is 145 Å². The molecule has 2 rings (SSSR count). The maximum atomic E-state index is 14.1. The second-order valence-corrected chi connectivity index (χ2v) is 17.7. The van der Waals surface area contributed by atoms with Gasteiger partial charge in [-0.2, -0.15) is 25.3 Å². The number of primary amides is 3. The van der Waals surface area contributed by atoms with Crippen LogP contribution in [0.3, 0.4) is 0 Å². The molecule has 9 atom stereocenters. The molecule has 1 aliphatic rings. The number of rotatable bonds is 31. The number of thiol groups is 2. The fourth-order valence-electron chi connectivity index (χ4n) is 7.19. The minimum absolute atomic E-state index is 0.0235. The van der Waals surface area contributed by atoms with Gasteiger partial charge < -0.3 is 81.6 Å². The molecule has 27 nitrogen and oxygen atoms in total. The number of likely N-dealkylation sites (tertiary alicyclic amines) is 1. The van der Waals surface area contributed by atoms with E-state index >= 15 is 0 Å². The smallest absolute Gasteiger partial charge is 0.246 e. The molecule has 1 aromatic carbocycles. The number of nitrogens with zero attached hydrogens (tertiary/aromatic N) is 2. The van der Waals surface area contributed by atoms with Crippen LogP contribution >= 0.6 is 25.3 Å². The number of benzene rings is 1. The van der Waals surface area contributed by atoms with Gasteiger partial charge in [-0.15, -0.1) is 0 Å². The van der Waals surface area contributed by atoms with Crippen molar-refractivity contribution in [2.45, 2.75) is 120 Å². The number of aromatic hydroxyl groups is 1. The lowest BCUT2D eigenvalue weighted by molar-refractivity contribution is -0.142. The Labute approximate surface area is 426 Å². The summed E-state index contributed by atoms with van der Waals surface area (Å²) >= 11 is 8.27. The fraction of sp³-hybridized carbons (Fsp3) is 0.581. The molecule has 1 heterocycles. The van der Waals surface area contributed by atoms with Crippen molar-refractivity contribution in [1.82, 2.24) is 42.1 Å². The molecule has 1 aromatic rings. The van der Waals surface area contributed by atoms with Crippen molar-refractivity contribution >= 4 is 96.2 Å². The molecule has 400 valence electrons. The molecule has 0 saturated carbocycles. The Morgan fingerprint density at radius 3 is 1.86 bits per heavy atom. The molecule has 1 saturated heterocycles. The summed E-state index contributed by atoms with van der Waals surface area (Å²) in [6, 6.07) is -5.17. The number of carbonyl (C=O) groups is 11. The second kappa shape index (κ2) is 30.8. The minimum atomic E-state index is -1.78. The van der Waals surface area contributed by atoms with E-state index in [0.29, 0.717) is 18.4 Å². The van der Waals surface area contributed by atoms with Gasteiger partial charge >= 0.3 is 0 Å². The summed E-state index contributed by atoms with van der Waals surface area (Å²) < 4.78 is 0. The summed E-state index contributed by atoms with van der Waals surface area (Å²) in [6.45, 7) is 2.97. The highest BCUT2D eigenvalue weighted by molar-refractivity contribution is 7.80. The van der Waals surface area contributed by atoms with Gasteiger partial charge in [-0.3, -0.25) is 57.7 Å². The number of nitrogens with two attached hydrogens (primary N) is 6. The predicted molar refractivity (Wildman–Crippen MR) is 268 cm³/mol. The molecule has 20 N–H and O–H groups in total. The first-order chi connectivity index (χ1) is 33.9. The first kappa shape index (κ1) is 61.2. The van der Waals surface area contributed by atoms with Crippen LogP contribution in [0.15, 0.2) is 29.3 Å². The molecule has 29 heteroatoms. The van der Waals surface area contributed by atoms with Crippen molar-refractivity contribution in [3.05, 3.63) is 29.8 Å². The number of amides is 11. The first-order valence-electron chi connectivity index (χ1n) is 23.0. The van der Waals surface area contributed by atoms with Crippen LogP contribution in [-0.2, 0) is 59.2 Å². The molecule has 0 spiro atoms. The molecule has 11 amide bonds. The monoisotopic (exact) mass is 1050 g/mol. The average molecular weight is 1050 g/mol. The lowest BCUT2D eigenvalue weighted by Gasteiger charge is -2.30. The Balaban J connectivity index is 2.34. The van der Waals surface area contributed by atoms with Crippen molar-refractivity contribution in [1.29, 1.82) is 0 Å². The summed E-state index contributed by atoms with van der Waals surface area (Å²) in [4.78, 5) is 150. The second-order valence-electron chi connectivity index (χ2n) is 17.0. The van der Waals surface area contributed by atoms with Crippen LogP contribution in [-0.4, -0.2) is 160 Å². The number of carbonyl (C=O) groups excluding carboxylic acids is 11. The van der Waals surface area contributed by atoms with Crippen molar-refractivity contribution in [3.8, 4) is 5.75 Å². The molecular weight excluding hydrogens is 983 g/mol. The van der Waals surface area contributed by atoms with E-state index in [2.05, 4.69) is 67.5 Å². The maximum absolute atomic E-state index is 14.1. The third-order valence-corrected chi connectivity index (χ3v) is 12.1. The Bertz CT molecular complexity index is 2130. The fourth-order valence-corrected chi connectivity index (χ4v) is 7.61. The van der Waals surface area contributed by atoms with Gasteiger partial charge in [0.25, 0.3) is 0 Å². The normalized spacial score (nSPS) is 16.3. The Hall–Kier alpha value is -6.88. The zero-order valence-electron chi connectivity index (χ0n) is 40.1. The van der Waals surface area contributed by atoms with Crippen LogP contribution in [0.5, 0.6) is 5.75 Å². The maximum Gasteiger partial charge on any atom is 0.246 e. The lowest BCUT2D eigenvalue weighted by Crippen LogP contribution is -2.61. The van der Waals surface area contributed by atoms with Gasteiger partial charge in [0.05, 0.1) is 19.0 Å². The van der Waals surface area contributed by atoms with Gasteiger partial charge in [0.15, 0.2) is 5.96 Å². The lowest BCUT2D eigenvalue weighted by atomic mass is 9.96. The molecule has 0 aromatic heterocycles. The van der Waals surface area contributed by atoms with Gasteiger partial charge in [0.2, 0.25) is 65.0 Å². The van der Waals surface area contributed by atoms with Crippen molar-refractivity contribution in [3.63, 3.8) is 0 Å². The van der Waals surface area contributed by atoms with Gasteiger partial charge in [-0.1, -0.05) is 32.4 Å². The summed E-state index contributed by atoms with van der Waals surface area (Å²) in [5.74, 6) is -11.0. The minimum Gasteiger partial charge on any atom is -0.508 e. The van der Waals surface area contributed by atoms with Crippen molar-refractivity contribution in [2.24, 2.45) is 45.3 Å². The zero-order chi connectivity index (χ0) is 54.2. The molecule has 0 radical (unpaired) electrons. The third kappa shape index (κ3) is 20.8. The van der Waals surface area contributed by atoms with E-state index in [1.54, 1.807) is 13.8 Å². The zero-order valence-corrected chi connectivity index (χ0v) is 41.9. The van der Waals surface area contributed by atoms with Gasteiger partial charge in [-0.25, -0.2) is 0 Å². The summed E-state index contributed by atoms with van der Waals surface area (Å²) in [5, 5.41) is 27.1. The van der Waals surface area contributed by atoms with E-state index in [1.165, 1.54) is 29.2 Å². The molecule has 1 fully saturated rings. The standard InChI is InChI=1S/C43H69N15O12S2/c1-3-21(2)34(57-39(67)27(54-35(63)24(44)19-71)16-22-8-10-23(59)11-9-22)41(69)53-26(12-13-31(45)60)37(65)55-28(17-32(46)61)38(66)56-29(20-72)42(70)58-15-5-7-30(58)40(68)52-25(6-4-14-50-43(48)49)36(64)51-18-33(47)62/h8-11,21,24-30,34,59,71-72H,3-7,12-20,44H2,1-2H3,(H2,45,60)(H2,46,61)(H2,47,62)(H,51,64)(H,52,68)(H,53,69)(H,54,63)(H,55,65)(H,56,66)(H,57,67)(H4,48,49,50)/t21-,24-,25-,26-,27-,28-,29-,30-,34-/m0/s1. The summed E-state index contributed by atoms with van der Waals surface area (Å²) in [6.07, 6.45) is -0.772. The number of hydrogen-bond donors (Lipinski definition) is 16. The van der Waals surface area contributed by atoms with E-state index in [9.17, 15) is 57.8 Å². The molecule has 0 aliphatic carbocycles. The Kier molecular flexibility index (Phi) is 26.2. The van der Waals surface area contributed by atoms with E-state index in [1.807, 2.05) is 0 Å². The summed E-state index contributed by atoms with van der Waals surface area (Å²) in [7, 11) is 0. The van der Waals surface area contributed by atoms with Crippen LogP contribution in [0.1, 0.15) is 70.8 Å². The van der Waals surface area contributed by atoms with Crippen molar-refractivity contribution < 1.29 is 57.8 Å².